The van der Waals surface area contributed by atoms with Gasteiger partial charge in [-0.15, -0.1) is 0 Å². The van der Waals surface area contributed by atoms with E-state index in [0.717, 1.165) is 16.9 Å². The standard InChI is InChI=1S/C9H4ClF3N6/c10-6-3-7(19-8(16-6)14-4-15-19)18-2-1-5(17-18)9(11,12)13/h1-4H. The molecule has 10 heteroatoms. The van der Waals surface area contributed by atoms with E-state index >= 15 is 0 Å². The molecular formula is C9H4ClF3N6. The summed E-state index contributed by atoms with van der Waals surface area (Å²) in [4.78, 5) is 7.68. The molecule has 0 N–H and O–H groups in total. The smallest absolute Gasteiger partial charge is 0.222 e. The van der Waals surface area contributed by atoms with Gasteiger partial charge in [0.2, 0.25) is 0 Å². The quantitative estimate of drug-likeness (QED) is 0.642. The number of hydrogen-bond acceptors (Lipinski definition) is 4. The molecule has 19 heavy (non-hydrogen) atoms. The van der Waals surface area contributed by atoms with Crippen molar-refractivity contribution in [3.05, 3.63) is 35.5 Å². The average Bonchev–Trinajstić information content (AvgIpc) is 2.94. The predicted molar refractivity (Wildman–Crippen MR) is 57.9 cm³/mol. The molecule has 0 aliphatic rings. The lowest BCUT2D eigenvalue weighted by molar-refractivity contribution is -0.141. The Labute approximate surface area is 108 Å². The third-order valence-electron chi connectivity index (χ3n) is 2.32. The van der Waals surface area contributed by atoms with Crippen molar-refractivity contribution >= 4 is 17.4 Å². The molecule has 0 spiro atoms. The SMILES string of the molecule is FC(F)(F)c1ccn(-c2cc(Cl)nc3ncnn23)n1. The maximum Gasteiger partial charge on any atom is 0.435 e. The van der Waals surface area contributed by atoms with Crippen LogP contribution in [0, 0.1) is 0 Å². The zero-order chi connectivity index (χ0) is 13.6. The third-order valence-corrected chi connectivity index (χ3v) is 2.51. The summed E-state index contributed by atoms with van der Waals surface area (Å²) in [5.74, 6) is 0.384. The Kier molecular flexibility index (Phi) is 2.45. The summed E-state index contributed by atoms with van der Waals surface area (Å²) >= 11 is 5.77. The molecule has 0 saturated heterocycles. The van der Waals surface area contributed by atoms with E-state index in [4.69, 9.17) is 11.6 Å². The minimum absolute atomic E-state index is 0.0829. The summed E-state index contributed by atoms with van der Waals surface area (Å²) in [6.07, 6.45) is -2.13. The molecule has 3 aromatic heterocycles. The molecule has 0 bridgehead atoms. The molecule has 98 valence electrons. The zero-order valence-corrected chi connectivity index (χ0v) is 9.76. The van der Waals surface area contributed by atoms with Crippen LogP contribution in [0.3, 0.4) is 0 Å². The minimum Gasteiger partial charge on any atom is -0.222 e. The van der Waals surface area contributed by atoms with Crippen LogP contribution in [0.15, 0.2) is 24.7 Å². The number of hydrogen-bond donors (Lipinski definition) is 0. The molecule has 0 unspecified atom stereocenters. The minimum atomic E-state index is -4.51. The van der Waals surface area contributed by atoms with E-state index in [1.807, 2.05) is 0 Å². The molecule has 0 aliphatic carbocycles. The highest BCUT2D eigenvalue weighted by Crippen LogP contribution is 2.28. The Balaban J connectivity index is 2.19. The van der Waals surface area contributed by atoms with E-state index in [2.05, 4.69) is 20.2 Å². The number of nitrogens with zero attached hydrogens (tertiary/aromatic N) is 6. The van der Waals surface area contributed by atoms with Gasteiger partial charge in [-0.3, -0.25) is 0 Å². The van der Waals surface area contributed by atoms with E-state index in [1.165, 1.54) is 16.9 Å². The highest BCUT2D eigenvalue weighted by Gasteiger charge is 2.33. The molecule has 0 aliphatic heterocycles. The number of halogens is 4. The summed E-state index contributed by atoms with van der Waals surface area (Å²) in [6.45, 7) is 0. The van der Waals surface area contributed by atoms with Gasteiger partial charge in [0.15, 0.2) is 11.5 Å². The van der Waals surface area contributed by atoms with Crippen LogP contribution < -0.4 is 0 Å². The lowest BCUT2D eigenvalue weighted by Gasteiger charge is -2.05. The van der Waals surface area contributed by atoms with Crippen molar-refractivity contribution in [3.8, 4) is 5.82 Å². The fourth-order valence-electron chi connectivity index (χ4n) is 1.53. The molecule has 0 aromatic carbocycles. The van der Waals surface area contributed by atoms with Gasteiger partial charge in [0.25, 0.3) is 5.78 Å². The van der Waals surface area contributed by atoms with Gasteiger partial charge in [-0.1, -0.05) is 11.6 Å². The molecule has 0 fully saturated rings. The summed E-state index contributed by atoms with van der Waals surface area (Å²) in [5, 5.41) is 7.37. The first kappa shape index (κ1) is 11.9. The van der Waals surface area contributed by atoms with Crippen LogP contribution in [-0.2, 0) is 6.18 Å². The lowest BCUT2D eigenvalue weighted by Crippen LogP contribution is -2.09. The molecule has 0 radical (unpaired) electrons. The Morgan fingerprint density at radius 2 is 2.05 bits per heavy atom. The van der Waals surface area contributed by atoms with Crippen molar-refractivity contribution in [2.24, 2.45) is 0 Å². The topological polar surface area (TPSA) is 60.9 Å². The van der Waals surface area contributed by atoms with Crippen LogP contribution in [0.4, 0.5) is 13.2 Å². The Morgan fingerprint density at radius 3 is 2.74 bits per heavy atom. The van der Waals surface area contributed by atoms with Gasteiger partial charge in [-0.25, -0.2) is 4.68 Å². The van der Waals surface area contributed by atoms with E-state index in [0.29, 0.717) is 0 Å². The maximum atomic E-state index is 12.5. The summed E-state index contributed by atoms with van der Waals surface area (Å²) in [6, 6.07) is 2.20. The molecule has 3 rings (SSSR count). The van der Waals surface area contributed by atoms with Gasteiger partial charge in [0.1, 0.15) is 11.5 Å². The summed E-state index contributed by atoms with van der Waals surface area (Å²) < 4.78 is 39.8. The van der Waals surface area contributed by atoms with Crippen molar-refractivity contribution in [1.29, 1.82) is 0 Å². The molecule has 0 atom stereocenters. The van der Waals surface area contributed by atoms with Gasteiger partial charge in [0, 0.05) is 12.3 Å². The molecular weight excluding hydrogens is 285 g/mol. The fourth-order valence-corrected chi connectivity index (χ4v) is 1.71. The van der Waals surface area contributed by atoms with Crippen molar-refractivity contribution in [2.75, 3.05) is 0 Å². The van der Waals surface area contributed by atoms with Crippen molar-refractivity contribution in [1.82, 2.24) is 29.4 Å². The second-order valence-electron chi connectivity index (χ2n) is 3.55. The van der Waals surface area contributed by atoms with E-state index < -0.39 is 11.9 Å². The highest BCUT2D eigenvalue weighted by atomic mass is 35.5. The van der Waals surface area contributed by atoms with E-state index in [9.17, 15) is 13.2 Å². The molecule has 0 amide bonds. The first-order valence-corrected chi connectivity index (χ1v) is 5.32. The molecule has 3 aromatic rings. The normalized spacial score (nSPS) is 12.2. The Bertz CT molecular complexity index is 746. The number of alkyl halides is 3. The first-order chi connectivity index (χ1) is 8.95. The number of fused-ring (bicyclic) bond motifs is 1. The largest absolute Gasteiger partial charge is 0.435 e. The van der Waals surface area contributed by atoms with E-state index in [1.54, 1.807) is 0 Å². The molecule has 6 nitrogen and oxygen atoms in total. The highest BCUT2D eigenvalue weighted by molar-refractivity contribution is 6.29. The Hall–Kier alpha value is -2.16. The van der Waals surface area contributed by atoms with Crippen LogP contribution in [0.25, 0.3) is 11.6 Å². The van der Waals surface area contributed by atoms with E-state index in [-0.39, 0.29) is 16.7 Å². The summed E-state index contributed by atoms with van der Waals surface area (Å²) in [5.41, 5.74) is -1.01. The monoisotopic (exact) mass is 288 g/mol. The van der Waals surface area contributed by atoms with Gasteiger partial charge in [-0.2, -0.15) is 37.9 Å². The third kappa shape index (κ3) is 2.01. The van der Waals surface area contributed by atoms with Gasteiger partial charge in [0.05, 0.1) is 0 Å². The van der Waals surface area contributed by atoms with Gasteiger partial charge >= 0.3 is 6.18 Å². The lowest BCUT2D eigenvalue weighted by atomic mass is 10.4. The number of aromatic nitrogens is 6. The van der Waals surface area contributed by atoms with Gasteiger partial charge < -0.3 is 0 Å². The first-order valence-electron chi connectivity index (χ1n) is 4.95. The predicted octanol–water partition coefficient (Wildman–Crippen LogP) is 1.98. The van der Waals surface area contributed by atoms with Crippen molar-refractivity contribution in [2.45, 2.75) is 6.18 Å². The van der Waals surface area contributed by atoms with Crippen LogP contribution in [0.5, 0.6) is 0 Å². The van der Waals surface area contributed by atoms with Crippen LogP contribution in [0.2, 0.25) is 5.15 Å². The Morgan fingerprint density at radius 1 is 1.26 bits per heavy atom. The molecule has 0 saturated carbocycles. The molecule has 3 heterocycles. The second-order valence-corrected chi connectivity index (χ2v) is 3.94. The van der Waals surface area contributed by atoms with Crippen LogP contribution in [0.1, 0.15) is 5.69 Å². The average molecular weight is 289 g/mol. The van der Waals surface area contributed by atoms with Crippen LogP contribution in [-0.4, -0.2) is 29.4 Å². The van der Waals surface area contributed by atoms with Crippen LogP contribution >= 0.6 is 11.6 Å². The second kappa shape index (κ2) is 3.92. The fraction of sp³-hybridized carbons (Fsp3) is 0.111. The zero-order valence-electron chi connectivity index (χ0n) is 9.00. The van der Waals surface area contributed by atoms with Crippen molar-refractivity contribution in [3.63, 3.8) is 0 Å². The van der Waals surface area contributed by atoms with Crippen molar-refractivity contribution < 1.29 is 13.2 Å². The van der Waals surface area contributed by atoms with Gasteiger partial charge in [-0.05, 0) is 6.07 Å². The summed E-state index contributed by atoms with van der Waals surface area (Å²) in [7, 11) is 0. The number of rotatable bonds is 1. The maximum absolute atomic E-state index is 12.5.